The minimum absolute atomic E-state index is 0. The molecule has 7 N–H and O–H groups in total. The summed E-state index contributed by atoms with van der Waals surface area (Å²) in [6.45, 7) is 0.476. The molecule has 1 rings (SSSR count). The minimum atomic E-state index is -4.92. The van der Waals surface area contributed by atoms with Gasteiger partial charge >= 0.3 is 17.1 Å². The molecule has 0 saturated carbocycles. The number of aliphatic imine (C=N–C) groups is 2. The quantitative estimate of drug-likeness (QED) is 0.169. The van der Waals surface area contributed by atoms with Crippen molar-refractivity contribution in [2.75, 3.05) is 0 Å². The maximum atomic E-state index is 8.63. The maximum Gasteiger partial charge on any atom is 1.00 e. The molecular weight excluding hydrogens is 338 g/mol. The molecule has 0 heterocycles. The molecule has 0 aromatic heterocycles. The Balaban J connectivity index is 0. The van der Waals surface area contributed by atoms with Crippen molar-refractivity contribution in [2.45, 2.75) is 6.54 Å². The summed E-state index contributed by atoms with van der Waals surface area (Å²) in [5.41, 5.74) is 16.7. The van der Waals surface area contributed by atoms with Gasteiger partial charge in [-0.25, -0.2) is 13.4 Å². The predicted octanol–water partition coefficient (Wildman–Crippen LogP) is -1.22. The Morgan fingerprint density at radius 2 is 1.65 bits per heavy atom. The second-order valence-corrected chi connectivity index (χ2v) is 3.98. The van der Waals surface area contributed by atoms with Gasteiger partial charge in [-0.3, -0.25) is 4.55 Å². The van der Waals surface area contributed by atoms with Gasteiger partial charge in [0.05, 0.1) is 6.54 Å². The van der Waals surface area contributed by atoms with Gasteiger partial charge in [0.15, 0.2) is 5.96 Å². The van der Waals surface area contributed by atoms with Crippen LogP contribution in [0.4, 0.5) is 0 Å². The second kappa shape index (κ2) is 10.2. The molecule has 20 heavy (non-hydrogen) atoms. The molecule has 0 aliphatic heterocycles. The van der Waals surface area contributed by atoms with Crippen molar-refractivity contribution in [1.29, 1.82) is 0 Å². The average molecular weight is 352 g/mol. The van der Waals surface area contributed by atoms with Crippen LogP contribution in [-0.2, 0) is 34.0 Å². The summed E-state index contributed by atoms with van der Waals surface area (Å²) in [4.78, 5) is 7.57. The van der Waals surface area contributed by atoms with Crippen LogP contribution < -0.4 is 17.2 Å². The van der Waals surface area contributed by atoms with Crippen LogP contribution in [0, 0.1) is 0 Å². The monoisotopic (exact) mass is 351 g/mol. The standard InChI is InChI=1S/C9H13N5.Cu.H2O4S/c10-8(11)14-9(12)13-6-7-4-2-1-3-5-7;;1-5(2,3)4/h1-5H,6H2,(H6,10,11,12,13,14);;(H2,1,2,3,4)/q;+1;/p-1. The molecule has 0 saturated heterocycles. The summed E-state index contributed by atoms with van der Waals surface area (Å²) in [7, 11) is -4.92. The van der Waals surface area contributed by atoms with Crippen LogP contribution in [0.3, 0.4) is 0 Å². The Bertz CT molecular complexity index is 535. The number of guanidine groups is 2. The summed E-state index contributed by atoms with van der Waals surface area (Å²) in [6, 6.07) is 9.70. The van der Waals surface area contributed by atoms with E-state index in [1.165, 1.54) is 0 Å². The van der Waals surface area contributed by atoms with Gasteiger partial charge in [-0.05, 0) is 5.56 Å². The molecule has 0 aliphatic rings. The van der Waals surface area contributed by atoms with Crippen molar-refractivity contribution < 1.29 is 34.6 Å². The van der Waals surface area contributed by atoms with Gasteiger partial charge < -0.3 is 21.8 Å². The number of benzene rings is 1. The summed E-state index contributed by atoms with van der Waals surface area (Å²) in [5.74, 6) is 0.00756. The van der Waals surface area contributed by atoms with E-state index < -0.39 is 10.4 Å². The molecule has 0 atom stereocenters. The first kappa shape index (κ1) is 20.7. The third-order valence-corrected chi connectivity index (χ3v) is 1.51. The Morgan fingerprint density at radius 1 is 1.20 bits per heavy atom. The van der Waals surface area contributed by atoms with Crippen LogP contribution in [0.25, 0.3) is 0 Å². The fourth-order valence-electron chi connectivity index (χ4n) is 0.923. The number of rotatable bonds is 2. The normalized spacial score (nSPS) is 10.6. The fraction of sp³-hybridized carbons (Fsp3) is 0.111. The van der Waals surface area contributed by atoms with E-state index in [-0.39, 0.29) is 29.0 Å². The Labute approximate surface area is 127 Å². The third-order valence-electron chi connectivity index (χ3n) is 1.51. The van der Waals surface area contributed by atoms with Crippen LogP contribution in [0.1, 0.15) is 5.56 Å². The zero-order valence-electron chi connectivity index (χ0n) is 10.1. The molecule has 0 bridgehead atoms. The zero-order valence-corrected chi connectivity index (χ0v) is 11.9. The largest absolute Gasteiger partial charge is 1.00 e. The number of nitrogens with two attached hydrogens (primary N) is 3. The number of nitrogens with zero attached hydrogens (tertiary/aromatic N) is 2. The molecular formula is C9H14CuN5O4S. The van der Waals surface area contributed by atoms with Gasteiger partial charge in [0.1, 0.15) is 0 Å². The Kier molecular flexibility index (Phi) is 10.5. The maximum absolute atomic E-state index is 8.63. The molecule has 9 nitrogen and oxygen atoms in total. The zero-order chi connectivity index (χ0) is 14.9. The van der Waals surface area contributed by atoms with Gasteiger partial charge in [-0.15, -0.1) is 0 Å². The molecule has 116 valence electrons. The van der Waals surface area contributed by atoms with E-state index in [0.29, 0.717) is 6.54 Å². The van der Waals surface area contributed by atoms with Gasteiger partial charge in [0, 0.05) is 0 Å². The molecule has 0 radical (unpaired) electrons. The molecule has 1 aromatic carbocycles. The van der Waals surface area contributed by atoms with E-state index in [1.54, 1.807) is 0 Å². The van der Waals surface area contributed by atoms with Crippen LogP contribution >= 0.6 is 0 Å². The van der Waals surface area contributed by atoms with Gasteiger partial charge in [0.2, 0.25) is 16.4 Å². The summed E-state index contributed by atoms with van der Waals surface area (Å²) >= 11 is 0. The first-order valence-corrected chi connectivity index (χ1v) is 6.17. The molecule has 1 aromatic rings. The van der Waals surface area contributed by atoms with Crippen molar-refractivity contribution in [3.8, 4) is 0 Å². The van der Waals surface area contributed by atoms with Gasteiger partial charge in [-0.1, -0.05) is 30.3 Å². The van der Waals surface area contributed by atoms with E-state index in [2.05, 4.69) is 9.98 Å². The van der Waals surface area contributed by atoms with Crippen molar-refractivity contribution in [3.63, 3.8) is 0 Å². The summed E-state index contributed by atoms with van der Waals surface area (Å²) in [6.07, 6.45) is 0. The molecule has 0 aliphatic carbocycles. The average Bonchev–Trinajstić information content (AvgIpc) is 2.24. The van der Waals surface area contributed by atoms with E-state index in [4.69, 9.17) is 34.7 Å². The topological polar surface area (TPSA) is 180 Å². The Morgan fingerprint density at radius 3 is 2.05 bits per heavy atom. The summed E-state index contributed by atoms with van der Waals surface area (Å²) in [5, 5.41) is 0. The van der Waals surface area contributed by atoms with Crippen molar-refractivity contribution >= 4 is 22.3 Å². The fourth-order valence-corrected chi connectivity index (χ4v) is 0.923. The number of hydrogen-bond donors (Lipinski definition) is 4. The SMILES string of the molecule is NC(N)=NC(N)=NCc1ccccc1.O=S(=O)([O-])O.[Cu+]. The van der Waals surface area contributed by atoms with E-state index in [1.807, 2.05) is 30.3 Å². The molecule has 0 amide bonds. The van der Waals surface area contributed by atoms with Crippen LogP contribution in [0.2, 0.25) is 0 Å². The van der Waals surface area contributed by atoms with Crippen molar-refractivity contribution in [1.82, 2.24) is 0 Å². The van der Waals surface area contributed by atoms with Crippen molar-refractivity contribution in [2.24, 2.45) is 27.2 Å². The molecule has 0 fully saturated rings. The van der Waals surface area contributed by atoms with Crippen LogP contribution in [-0.4, -0.2) is 29.4 Å². The third kappa shape index (κ3) is 16.3. The predicted molar refractivity (Wildman–Crippen MR) is 69.9 cm³/mol. The van der Waals surface area contributed by atoms with Crippen molar-refractivity contribution in [3.05, 3.63) is 35.9 Å². The summed E-state index contributed by atoms with van der Waals surface area (Å²) < 4.78 is 32.8. The van der Waals surface area contributed by atoms with Crippen LogP contribution in [0.5, 0.6) is 0 Å². The first-order chi connectivity index (χ1) is 8.68. The smallest absolute Gasteiger partial charge is 0.726 e. The van der Waals surface area contributed by atoms with E-state index >= 15 is 0 Å². The molecule has 11 heteroatoms. The van der Waals surface area contributed by atoms with E-state index in [9.17, 15) is 0 Å². The Hall–Kier alpha value is -1.65. The second-order valence-electron chi connectivity index (χ2n) is 3.12. The molecule has 0 unspecified atom stereocenters. The first-order valence-electron chi connectivity index (χ1n) is 4.80. The van der Waals surface area contributed by atoms with Gasteiger partial charge in [-0.2, -0.15) is 4.99 Å². The minimum Gasteiger partial charge on any atom is -0.726 e. The van der Waals surface area contributed by atoms with Crippen LogP contribution in [0.15, 0.2) is 40.3 Å². The molecule has 0 spiro atoms. The van der Waals surface area contributed by atoms with E-state index in [0.717, 1.165) is 5.56 Å². The number of hydrogen-bond acceptors (Lipinski definition) is 4. The van der Waals surface area contributed by atoms with Gasteiger partial charge in [0.25, 0.3) is 0 Å².